The molecular weight excluding hydrogens is 755 g/mol. The van der Waals surface area contributed by atoms with Gasteiger partial charge in [-0.15, -0.1) is 0 Å². The van der Waals surface area contributed by atoms with E-state index < -0.39 is 0 Å². The lowest BCUT2D eigenvalue weighted by Gasteiger charge is -2.28. The molecule has 0 aliphatic rings. The lowest BCUT2D eigenvalue weighted by atomic mass is 9.79. The second kappa shape index (κ2) is 15.6. The zero-order chi connectivity index (χ0) is 46.1. The number of aromatic hydroxyl groups is 1. The van der Waals surface area contributed by atoms with Crippen LogP contribution in [0.3, 0.4) is 0 Å². The van der Waals surface area contributed by atoms with Crippen LogP contribution < -0.4 is 0 Å². The van der Waals surface area contributed by atoms with Crippen molar-refractivity contribution in [2.24, 2.45) is 0 Å². The van der Waals surface area contributed by atoms with Crippen molar-refractivity contribution in [1.29, 1.82) is 0 Å². The van der Waals surface area contributed by atoms with Crippen molar-refractivity contribution in [3.63, 3.8) is 0 Å². The molecule has 0 amide bonds. The number of hydrogen-bond acceptors (Lipinski definition) is 3. The predicted molar refractivity (Wildman–Crippen MR) is 263 cm³/mol. The number of nitrogens with zero attached hydrogens (tertiary/aromatic N) is 3. The van der Waals surface area contributed by atoms with E-state index in [1.54, 1.807) is 0 Å². The fourth-order valence-corrected chi connectivity index (χ4v) is 8.25. The minimum atomic E-state index is -0.346. The smallest absolute Gasteiger partial charge is 0.149 e. The fourth-order valence-electron chi connectivity index (χ4n) is 8.25. The van der Waals surface area contributed by atoms with Crippen LogP contribution in [-0.4, -0.2) is 19.6 Å². The molecule has 0 fully saturated rings. The summed E-state index contributed by atoms with van der Waals surface area (Å²) >= 11 is 0. The average molecular weight is 818 g/mol. The molecule has 0 unspecified atom stereocenters. The van der Waals surface area contributed by atoms with Crippen LogP contribution >= 0.6 is 0 Å². The second-order valence-corrected chi connectivity index (χ2v) is 20.9. The quantitative estimate of drug-likeness (QED) is 0.182. The Kier molecular flexibility index (Phi) is 10.0. The van der Waals surface area contributed by atoms with Crippen LogP contribution in [0.25, 0.3) is 72.7 Å². The molecule has 314 valence electrons. The highest BCUT2D eigenvalue weighted by Gasteiger charge is 2.30. The van der Waals surface area contributed by atoms with Crippen LogP contribution in [0.2, 0.25) is 0 Å². The van der Waals surface area contributed by atoms with E-state index in [-0.39, 0.29) is 39.6 Å². The summed E-state index contributed by atoms with van der Waals surface area (Å²) < 4.78 is 19.9. The van der Waals surface area contributed by atoms with Gasteiger partial charge in [0.2, 0.25) is 0 Å². The summed E-state index contributed by atoms with van der Waals surface area (Å²) in [6, 6.07) is 46.4. The van der Waals surface area contributed by atoms with Gasteiger partial charge >= 0.3 is 0 Å². The van der Waals surface area contributed by atoms with Crippen LogP contribution in [0, 0.1) is 0 Å². The first kappa shape index (κ1) is 39.9. The number of imidazole rings is 1. The average Bonchev–Trinajstić information content (AvgIpc) is 3.63. The summed E-state index contributed by atoms with van der Waals surface area (Å²) in [6.45, 7) is 26.5. The van der Waals surface area contributed by atoms with Gasteiger partial charge in [0.25, 0.3) is 0 Å². The molecule has 0 saturated heterocycles. The number of pyridine rings is 1. The van der Waals surface area contributed by atoms with Crippen molar-refractivity contribution in [1.82, 2.24) is 14.5 Å². The van der Waals surface area contributed by atoms with Gasteiger partial charge < -0.3 is 5.11 Å². The Balaban J connectivity index is 1.48. The molecule has 62 heavy (non-hydrogen) atoms. The molecule has 2 aromatic heterocycles. The summed E-state index contributed by atoms with van der Waals surface area (Å²) in [4.78, 5) is 10.4. The lowest BCUT2D eigenvalue weighted by Crippen LogP contribution is -2.17. The minimum Gasteiger partial charge on any atom is -0.507 e. The normalized spacial score (nSPS) is 13.0. The minimum absolute atomic E-state index is 0.0665. The van der Waals surface area contributed by atoms with Crippen LogP contribution in [0.15, 0.2) is 146 Å². The van der Waals surface area contributed by atoms with Gasteiger partial charge in [-0.25, -0.2) is 4.98 Å². The van der Waals surface area contributed by atoms with Crippen molar-refractivity contribution in [3.8, 4) is 67.5 Å². The maximum atomic E-state index is 12.5. The van der Waals surface area contributed by atoms with Gasteiger partial charge in [-0.2, -0.15) is 0 Å². The number of benzene rings is 6. The molecule has 0 spiro atoms. The summed E-state index contributed by atoms with van der Waals surface area (Å²) in [5.74, 6) is 0.885. The van der Waals surface area contributed by atoms with E-state index in [2.05, 4.69) is 185 Å². The lowest BCUT2D eigenvalue weighted by molar-refractivity contribution is 0.446. The first-order valence-electron chi connectivity index (χ1n) is 22.8. The third kappa shape index (κ3) is 8.23. The van der Waals surface area contributed by atoms with Crippen molar-refractivity contribution < 1.29 is 7.85 Å². The van der Waals surface area contributed by atoms with Gasteiger partial charge in [0, 0.05) is 28.4 Å². The van der Waals surface area contributed by atoms with E-state index in [4.69, 9.17) is 12.7 Å². The number of phenols is 1. The third-order valence-electron chi connectivity index (χ3n) is 12.0. The zero-order valence-corrected chi connectivity index (χ0v) is 38.5. The molecule has 6 aromatic carbocycles. The Morgan fingerprint density at radius 3 is 1.71 bits per heavy atom. The summed E-state index contributed by atoms with van der Waals surface area (Å²) in [5.41, 5.74) is 13.9. The van der Waals surface area contributed by atoms with Gasteiger partial charge in [-0.1, -0.05) is 174 Å². The first-order valence-corrected chi connectivity index (χ1v) is 21.8. The zero-order valence-electron chi connectivity index (χ0n) is 40.5. The van der Waals surface area contributed by atoms with Gasteiger partial charge in [-0.3, -0.25) is 9.55 Å². The standard InChI is InChI=1S/C58H61N3O/c1-55(2,3)42-26-27-50(46(34-42)38-22-17-14-18-23-38)61-51-25-19-24-45(52(51)60-54(61)47-35-44(57(7,8)9)36-48(53(47)62)58(10,11)12)40-30-41(32-43(31-40)56(4,5)6)49-33-39(28-29-59-49)37-20-15-13-16-21-37/h13-36,62H,1-12H3/i28D,29D. The number of rotatable bonds is 6. The van der Waals surface area contributed by atoms with Gasteiger partial charge in [0.15, 0.2) is 0 Å². The molecule has 0 aliphatic carbocycles. The molecule has 0 radical (unpaired) electrons. The van der Waals surface area contributed by atoms with E-state index in [1.165, 1.54) is 5.56 Å². The number of fused-ring (bicyclic) bond motifs is 1. The number of aromatic nitrogens is 3. The summed E-state index contributed by atoms with van der Waals surface area (Å²) in [5, 5.41) is 12.5. The van der Waals surface area contributed by atoms with E-state index in [0.717, 1.165) is 66.8 Å². The second-order valence-electron chi connectivity index (χ2n) is 20.9. The molecule has 8 aromatic rings. The molecule has 0 atom stereocenters. The molecule has 0 bridgehead atoms. The Morgan fingerprint density at radius 1 is 0.484 bits per heavy atom. The van der Waals surface area contributed by atoms with Crippen LogP contribution in [0.5, 0.6) is 5.75 Å². The SMILES string of the molecule is [2H]c1nc(-c2cc(-c3cccc4c3nc(-c3cc(C(C)(C)C)cc(C(C)(C)C)c3O)n4-c3ccc(C(C)(C)C)cc3-c3ccccc3)cc(C(C)(C)C)c2)cc(-c2ccccc2)c1[2H]. The number of phenolic OH excluding ortho intramolecular Hbond substituents is 1. The molecule has 0 aliphatic heterocycles. The van der Waals surface area contributed by atoms with E-state index in [1.807, 2.05) is 36.4 Å². The highest BCUT2D eigenvalue weighted by molar-refractivity contribution is 5.98. The Labute approximate surface area is 372 Å². The molecule has 1 N–H and O–H groups in total. The van der Waals surface area contributed by atoms with E-state index in [0.29, 0.717) is 22.6 Å². The van der Waals surface area contributed by atoms with Crippen LogP contribution in [0.1, 0.15) is 108 Å². The van der Waals surface area contributed by atoms with Crippen LogP contribution in [0.4, 0.5) is 0 Å². The van der Waals surface area contributed by atoms with E-state index in [9.17, 15) is 5.11 Å². The van der Waals surface area contributed by atoms with Gasteiger partial charge in [0.1, 0.15) is 11.6 Å². The highest BCUT2D eigenvalue weighted by atomic mass is 16.3. The maximum Gasteiger partial charge on any atom is 0.149 e. The molecule has 4 nitrogen and oxygen atoms in total. The number of para-hydroxylation sites is 1. The van der Waals surface area contributed by atoms with Gasteiger partial charge in [0.05, 0.1) is 30.7 Å². The van der Waals surface area contributed by atoms with Crippen molar-refractivity contribution in [2.45, 2.75) is 105 Å². The third-order valence-corrected chi connectivity index (χ3v) is 12.0. The molecule has 2 heterocycles. The van der Waals surface area contributed by atoms with Crippen LogP contribution in [-0.2, 0) is 21.7 Å². The molecule has 4 heteroatoms. The number of hydrogen-bond donors (Lipinski definition) is 1. The summed E-state index contributed by atoms with van der Waals surface area (Å²) in [7, 11) is 0. The van der Waals surface area contributed by atoms with Gasteiger partial charge in [-0.05, 0) is 109 Å². The monoisotopic (exact) mass is 817 g/mol. The van der Waals surface area contributed by atoms with Crippen molar-refractivity contribution in [3.05, 3.63) is 168 Å². The summed E-state index contributed by atoms with van der Waals surface area (Å²) in [6.07, 6.45) is -0.0665. The highest BCUT2D eigenvalue weighted by Crippen LogP contribution is 2.46. The largest absolute Gasteiger partial charge is 0.507 e. The predicted octanol–water partition coefficient (Wildman–Crippen LogP) is 15.7. The van der Waals surface area contributed by atoms with Crippen molar-refractivity contribution in [2.75, 3.05) is 0 Å². The Morgan fingerprint density at radius 2 is 1.08 bits per heavy atom. The fraction of sp³-hybridized carbons (Fsp3) is 0.276. The Bertz CT molecular complexity index is 3050. The first-order chi connectivity index (χ1) is 30.0. The molecular formula is C58H61N3O. The maximum absolute atomic E-state index is 12.5. The topological polar surface area (TPSA) is 50.9 Å². The molecule has 8 rings (SSSR count). The van der Waals surface area contributed by atoms with Crippen molar-refractivity contribution >= 4 is 11.0 Å². The Hall–Kier alpha value is -6.26. The molecule has 0 saturated carbocycles. The van der Waals surface area contributed by atoms with E-state index >= 15 is 0 Å².